The first-order valence-corrected chi connectivity index (χ1v) is 10.4. The topological polar surface area (TPSA) is 27.0 Å². The minimum Gasteiger partial charge on any atom is -0.294 e. The zero-order valence-corrected chi connectivity index (χ0v) is 18.1. The van der Waals surface area contributed by atoms with E-state index in [9.17, 15) is 14.0 Å². The Morgan fingerprint density at radius 1 is 0.931 bits per heavy atom. The molecule has 0 aliphatic rings. The molecule has 4 heteroatoms. The molecule has 0 saturated heterocycles. The molecule has 0 radical (unpaired) electrons. The van der Waals surface area contributed by atoms with Gasteiger partial charge in [0.15, 0.2) is 0 Å². The van der Waals surface area contributed by atoms with Crippen LogP contribution in [0.15, 0.2) is 48.5 Å². The van der Waals surface area contributed by atoms with Crippen LogP contribution in [0.25, 0.3) is 0 Å². The maximum absolute atomic E-state index is 14.6. The first kappa shape index (κ1) is 23.0. The van der Waals surface area contributed by atoms with Crippen LogP contribution >= 0.6 is 0 Å². The van der Waals surface area contributed by atoms with Crippen LogP contribution in [-0.4, -0.2) is 17.5 Å². The lowest BCUT2D eigenvalue weighted by Crippen LogP contribution is -2.37. The molecule has 2 unspecified atom stereocenters. The fourth-order valence-electron chi connectivity index (χ4n) is 4.23. The predicted molar refractivity (Wildman–Crippen MR) is 114 cm³/mol. The monoisotopic (exact) mass is 398 g/mol. The fourth-order valence-corrected chi connectivity index (χ4v) is 4.23. The SMILES string of the molecule is CC(C)N(CCCC(C#N)(c1c(F)cccc1F)C(C)C)C(C)c1ccccc1. The summed E-state index contributed by atoms with van der Waals surface area (Å²) in [4.78, 5) is 2.37. The van der Waals surface area contributed by atoms with Gasteiger partial charge in [-0.2, -0.15) is 5.26 Å². The van der Waals surface area contributed by atoms with E-state index in [-0.39, 0.29) is 17.5 Å². The van der Waals surface area contributed by atoms with E-state index in [0.29, 0.717) is 18.9 Å². The molecule has 2 atom stereocenters. The molecule has 0 spiro atoms. The molecule has 0 aliphatic carbocycles. The second-order valence-electron chi connectivity index (χ2n) is 8.36. The lowest BCUT2D eigenvalue weighted by atomic mass is 9.69. The van der Waals surface area contributed by atoms with Crippen molar-refractivity contribution in [2.75, 3.05) is 6.54 Å². The van der Waals surface area contributed by atoms with Gasteiger partial charge in [-0.25, -0.2) is 8.78 Å². The largest absolute Gasteiger partial charge is 0.294 e. The van der Waals surface area contributed by atoms with E-state index in [0.717, 1.165) is 6.54 Å². The average molecular weight is 399 g/mol. The number of hydrogen-bond acceptors (Lipinski definition) is 2. The average Bonchev–Trinajstić information content (AvgIpc) is 2.69. The lowest BCUT2D eigenvalue weighted by molar-refractivity contribution is 0.155. The molecule has 2 rings (SSSR count). The van der Waals surface area contributed by atoms with E-state index in [1.165, 1.54) is 23.8 Å². The Morgan fingerprint density at radius 2 is 1.52 bits per heavy atom. The van der Waals surface area contributed by atoms with Gasteiger partial charge in [0, 0.05) is 17.6 Å². The Hall–Kier alpha value is -2.25. The Morgan fingerprint density at radius 3 is 2.00 bits per heavy atom. The summed E-state index contributed by atoms with van der Waals surface area (Å²) in [6, 6.07) is 16.9. The summed E-state index contributed by atoms with van der Waals surface area (Å²) in [5.74, 6) is -1.49. The number of rotatable bonds is 9. The summed E-state index contributed by atoms with van der Waals surface area (Å²) in [7, 11) is 0. The number of nitriles is 1. The van der Waals surface area contributed by atoms with E-state index in [1.54, 1.807) is 0 Å². The van der Waals surface area contributed by atoms with Crippen LogP contribution in [0.5, 0.6) is 0 Å². The van der Waals surface area contributed by atoms with Crippen molar-refractivity contribution in [3.05, 3.63) is 71.3 Å². The highest BCUT2D eigenvalue weighted by Gasteiger charge is 2.40. The van der Waals surface area contributed by atoms with Crippen molar-refractivity contribution in [1.29, 1.82) is 5.26 Å². The van der Waals surface area contributed by atoms with Crippen molar-refractivity contribution in [3.63, 3.8) is 0 Å². The number of benzene rings is 2. The molecule has 0 heterocycles. The quantitative estimate of drug-likeness (QED) is 0.474. The highest BCUT2D eigenvalue weighted by molar-refractivity contribution is 5.36. The Bertz CT molecular complexity index is 806. The van der Waals surface area contributed by atoms with Crippen molar-refractivity contribution < 1.29 is 8.78 Å². The highest BCUT2D eigenvalue weighted by Crippen LogP contribution is 2.39. The minimum atomic E-state index is -1.19. The number of halogens is 2. The van der Waals surface area contributed by atoms with Gasteiger partial charge in [0.1, 0.15) is 11.6 Å². The molecular weight excluding hydrogens is 366 g/mol. The summed E-state index contributed by atoms with van der Waals surface area (Å²) < 4.78 is 29.1. The van der Waals surface area contributed by atoms with Crippen molar-refractivity contribution in [2.45, 2.75) is 65.0 Å². The van der Waals surface area contributed by atoms with Gasteiger partial charge in [-0.05, 0) is 63.8 Å². The summed E-state index contributed by atoms with van der Waals surface area (Å²) in [6.07, 6.45) is 1.08. The van der Waals surface area contributed by atoms with Crippen molar-refractivity contribution >= 4 is 0 Å². The third kappa shape index (κ3) is 5.03. The second kappa shape index (κ2) is 9.98. The molecule has 156 valence electrons. The van der Waals surface area contributed by atoms with Gasteiger partial charge in [0.2, 0.25) is 0 Å². The maximum atomic E-state index is 14.6. The van der Waals surface area contributed by atoms with Gasteiger partial charge < -0.3 is 0 Å². The molecule has 0 bridgehead atoms. The van der Waals surface area contributed by atoms with Crippen LogP contribution in [0.4, 0.5) is 8.78 Å². The third-order valence-corrected chi connectivity index (χ3v) is 6.02. The molecule has 0 aliphatic heterocycles. The third-order valence-electron chi connectivity index (χ3n) is 6.02. The van der Waals surface area contributed by atoms with Crippen LogP contribution in [0, 0.1) is 28.9 Å². The van der Waals surface area contributed by atoms with E-state index in [2.05, 4.69) is 43.9 Å². The van der Waals surface area contributed by atoms with Crippen LogP contribution in [0.1, 0.15) is 64.6 Å². The van der Waals surface area contributed by atoms with Crippen LogP contribution in [-0.2, 0) is 5.41 Å². The molecule has 0 aromatic heterocycles. The molecule has 29 heavy (non-hydrogen) atoms. The Kier molecular flexibility index (Phi) is 7.93. The Labute approximate surface area is 174 Å². The fraction of sp³-hybridized carbons (Fsp3) is 0.480. The number of nitrogens with zero attached hydrogens (tertiary/aromatic N) is 2. The van der Waals surface area contributed by atoms with Gasteiger partial charge >= 0.3 is 0 Å². The van der Waals surface area contributed by atoms with Crippen LogP contribution in [0.2, 0.25) is 0 Å². The molecule has 0 saturated carbocycles. The van der Waals surface area contributed by atoms with Gasteiger partial charge in [-0.15, -0.1) is 0 Å². The first-order chi connectivity index (χ1) is 13.7. The van der Waals surface area contributed by atoms with Gasteiger partial charge in [0.05, 0.1) is 11.5 Å². The molecule has 0 amide bonds. The standard InChI is InChI=1S/C25H32F2N2/c1-18(2)25(17-28,24-22(26)13-9-14-23(24)27)15-10-16-29(19(3)4)20(5)21-11-7-6-8-12-21/h6-9,11-14,18-20H,10,15-16H2,1-5H3. The lowest BCUT2D eigenvalue weighted by Gasteiger charge is -2.36. The van der Waals surface area contributed by atoms with E-state index in [1.807, 2.05) is 32.0 Å². The van der Waals surface area contributed by atoms with Gasteiger partial charge in [0.25, 0.3) is 0 Å². The van der Waals surface area contributed by atoms with Crippen molar-refractivity contribution in [3.8, 4) is 6.07 Å². The van der Waals surface area contributed by atoms with Crippen molar-refractivity contribution in [1.82, 2.24) is 4.90 Å². The zero-order chi connectivity index (χ0) is 21.6. The molecule has 2 aromatic carbocycles. The van der Waals surface area contributed by atoms with Crippen LogP contribution in [0.3, 0.4) is 0 Å². The van der Waals surface area contributed by atoms with Crippen LogP contribution < -0.4 is 0 Å². The minimum absolute atomic E-state index is 0.0929. The van der Waals surface area contributed by atoms with E-state index < -0.39 is 17.0 Å². The number of hydrogen-bond donors (Lipinski definition) is 0. The second-order valence-corrected chi connectivity index (χ2v) is 8.36. The molecule has 2 nitrogen and oxygen atoms in total. The van der Waals surface area contributed by atoms with Gasteiger partial charge in [-0.3, -0.25) is 4.90 Å². The summed E-state index contributed by atoms with van der Waals surface area (Å²) >= 11 is 0. The normalized spacial score (nSPS) is 14.8. The summed E-state index contributed by atoms with van der Waals surface area (Å²) in [6.45, 7) is 10.9. The Balaban J connectivity index is 2.24. The molecule has 2 aromatic rings. The predicted octanol–water partition coefficient (Wildman–Crippen LogP) is 6.63. The van der Waals surface area contributed by atoms with E-state index >= 15 is 0 Å². The highest BCUT2D eigenvalue weighted by atomic mass is 19.1. The summed E-state index contributed by atoms with van der Waals surface area (Å²) in [5, 5.41) is 10.0. The zero-order valence-electron chi connectivity index (χ0n) is 18.1. The maximum Gasteiger partial charge on any atom is 0.130 e. The molecular formula is C25H32F2N2. The van der Waals surface area contributed by atoms with Crippen molar-refractivity contribution in [2.24, 2.45) is 5.92 Å². The first-order valence-electron chi connectivity index (χ1n) is 10.4. The molecule has 0 fully saturated rings. The summed E-state index contributed by atoms with van der Waals surface area (Å²) in [5.41, 5.74) is -0.0462. The van der Waals surface area contributed by atoms with E-state index in [4.69, 9.17) is 0 Å². The molecule has 0 N–H and O–H groups in total. The van der Waals surface area contributed by atoms with Gasteiger partial charge in [-0.1, -0.05) is 50.2 Å². The smallest absolute Gasteiger partial charge is 0.130 e.